The Labute approximate surface area is 84.9 Å². The number of hydrogen-bond donors (Lipinski definition) is 4. The van der Waals surface area contributed by atoms with Gasteiger partial charge in [-0.3, -0.25) is 0 Å². The molecule has 0 fully saturated rings. The summed E-state index contributed by atoms with van der Waals surface area (Å²) in [7, 11) is -1.52. The summed E-state index contributed by atoms with van der Waals surface area (Å²) in [6, 6.07) is 5.21. The van der Waals surface area contributed by atoms with E-state index in [-0.39, 0.29) is 0 Å². The van der Waals surface area contributed by atoms with Crippen molar-refractivity contribution in [1.82, 2.24) is 0 Å². The number of rotatable bonds is 1. The Balaban J connectivity index is 2.84. The van der Waals surface area contributed by atoms with Crippen LogP contribution in [0.4, 0.5) is 10.7 Å². The number of benzene rings is 1. The summed E-state index contributed by atoms with van der Waals surface area (Å²) < 4.78 is 0.866. The highest BCUT2D eigenvalue weighted by Gasteiger charge is 2.18. The zero-order valence-electron chi connectivity index (χ0n) is 7.27. The average molecular weight is 208 g/mol. The van der Waals surface area contributed by atoms with Crippen LogP contribution in [0.3, 0.4) is 0 Å². The molecule has 0 saturated carbocycles. The maximum Gasteiger partial charge on any atom is 0.489 e. The van der Waals surface area contributed by atoms with Gasteiger partial charge in [0, 0.05) is 10.1 Å². The molecule has 0 amide bonds. The number of fused-ring (bicyclic) bond motifs is 1. The van der Waals surface area contributed by atoms with Crippen LogP contribution in [0.2, 0.25) is 0 Å². The molecule has 0 aliphatic carbocycles. The lowest BCUT2D eigenvalue weighted by Gasteiger charge is -2.01. The van der Waals surface area contributed by atoms with Crippen LogP contribution in [0.1, 0.15) is 0 Å². The summed E-state index contributed by atoms with van der Waals surface area (Å²) in [5, 5.41) is 19.4. The van der Waals surface area contributed by atoms with Crippen LogP contribution in [0, 0.1) is 0 Å². The molecular formula is C8H9BN2O2S. The predicted molar refractivity (Wildman–Crippen MR) is 60.5 cm³/mol. The molecule has 1 heterocycles. The molecular weight excluding hydrogens is 199 g/mol. The van der Waals surface area contributed by atoms with E-state index in [2.05, 4.69) is 0 Å². The minimum absolute atomic E-state index is 0.396. The molecule has 0 unspecified atom stereocenters. The Kier molecular flexibility index (Phi) is 2.11. The SMILES string of the molecule is Nc1sc2cccc(B(O)O)c2c1N. The highest BCUT2D eigenvalue weighted by molar-refractivity contribution is 7.23. The monoisotopic (exact) mass is 208 g/mol. The van der Waals surface area contributed by atoms with E-state index in [1.807, 2.05) is 6.07 Å². The van der Waals surface area contributed by atoms with Crippen molar-refractivity contribution >= 4 is 44.7 Å². The Hall–Kier alpha value is -1.24. The fraction of sp³-hybridized carbons (Fsp3) is 0. The lowest BCUT2D eigenvalue weighted by Crippen LogP contribution is -2.30. The third-order valence-electron chi connectivity index (χ3n) is 2.09. The summed E-state index contributed by atoms with van der Waals surface area (Å²) >= 11 is 1.34. The second kappa shape index (κ2) is 3.16. The lowest BCUT2D eigenvalue weighted by atomic mass is 9.78. The standard InChI is InChI=1S/C8H9BN2O2S/c10-7-6-4(9(12)13)2-1-3-5(6)14-8(7)11/h1-3,12-13H,10-11H2. The van der Waals surface area contributed by atoms with Crippen LogP contribution in [-0.2, 0) is 0 Å². The summed E-state index contributed by atoms with van der Waals surface area (Å²) in [5.41, 5.74) is 12.2. The van der Waals surface area contributed by atoms with Gasteiger partial charge in [0.1, 0.15) is 5.00 Å². The molecule has 1 aromatic heterocycles. The van der Waals surface area contributed by atoms with E-state index in [4.69, 9.17) is 21.5 Å². The third kappa shape index (κ3) is 1.24. The van der Waals surface area contributed by atoms with E-state index in [1.54, 1.807) is 12.1 Å². The Morgan fingerprint density at radius 2 is 1.93 bits per heavy atom. The predicted octanol–water partition coefficient (Wildman–Crippen LogP) is -0.254. The molecule has 0 saturated heterocycles. The average Bonchev–Trinajstić information content (AvgIpc) is 2.43. The van der Waals surface area contributed by atoms with E-state index in [0.717, 1.165) is 4.70 Å². The zero-order valence-corrected chi connectivity index (χ0v) is 8.08. The minimum Gasteiger partial charge on any atom is -0.423 e. The number of hydrogen-bond acceptors (Lipinski definition) is 5. The Morgan fingerprint density at radius 1 is 1.21 bits per heavy atom. The molecule has 0 bridgehead atoms. The van der Waals surface area contributed by atoms with Crippen LogP contribution in [0.25, 0.3) is 10.1 Å². The highest BCUT2D eigenvalue weighted by Crippen LogP contribution is 2.34. The molecule has 6 N–H and O–H groups in total. The molecule has 6 heteroatoms. The third-order valence-corrected chi connectivity index (χ3v) is 3.09. The normalized spacial score (nSPS) is 10.7. The molecule has 0 aliphatic heterocycles. The molecule has 1 aromatic carbocycles. The largest absolute Gasteiger partial charge is 0.489 e. The summed E-state index contributed by atoms with van der Waals surface area (Å²) in [4.78, 5) is 0. The van der Waals surface area contributed by atoms with E-state index in [0.29, 0.717) is 21.5 Å². The van der Waals surface area contributed by atoms with Gasteiger partial charge >= 0.3 is 7.12 Å². The van der Waals surface area contributed by atoms with Gasteiger partial charge in [-0.15, -0.1) is 11.3 Å². The Bertz CT molecular complexity index is 483. The van der Waals surface area contributed by atoms with E-state index >= 15 is 0 Å². The fourth-order valence-corrected chi connectivity index (χ4v) is 2.36. The van der Waals surface area contributed by atoms with Crippen LogP contribution in [0.15, 0.2) is 18.2 Å². The first-order valence-electron chi connectivity index (χ1n) is 4.03. The van der Waals surface area contributed by atoms with Crippen LogP contribution >= 0.6 is 11.3 Å². The van der Waals surface area contributed by atoms with Crippen molar-refractivity contribution in [3.05, 3.63) is 18.2 Å². The summed E-state index contributed by atoms with van der Waals surface area (Å²) in [5.74, 6) is 0. The van der Waals surface area contributed by atoms with E-state index < -0.39 is 7.12 Å². The van der Waals surface area contributed by atoms with Gasteiger partial charge < -0.3 is 21.5 Å². The van der Waals surface area contributed by atoms with Gasteiger partial charge in [0.25, 0.3) is 0 Å². The van der Waals surface area contributed by atoms with Gasteiger partial charge in [0.05, 0.1) is 5.69 Å². The number of nitrogens with two attached hydrogens (primary N) is 2. The smallest absolute Gasteiger partial charge is 0.423 e. The van der Waals surface area contributed by atoms with Gasteiger partial charge in [-0.05, 0) is 11.5 Å². The van der Waals surface area contributed by atoms with Gasteiger partial charge in [0.2, 0.25) is 0 Å². The van der Waals surface area contributed by atoms with Crippen LogP contribution in [0.5, 0.6) is 0 Å². The second-order valence-electron chi connectivity index (χ2n) is 2.97. The molecule has 72 valence electrons. The van der Waals surface area contributed by atoms with Gasteiger partial charge in [0.15, 0.2) is 0 Å². The molecule has 0 aliphatic rings. The number of nitrogen functional groups attached to an aromatic ring is 2. The van der Waals surface area contributed by atoms with Crippen molar-refractivity contribution in [2.45, 2.75) is 0 Å². The van der Waals surface area contributed by atoms with Crippen molar-refractivity contribution in [3.8, 4) is 0 Å². The minimum atomic E-state index is -1.52. The quantitative estimate of drug-likeness (QED) is 0.486. The molecule has 4 nitrogen and oxygen atoms in total. The summed E-state index contributed by atoms with van der Waals surface area (Å²) in [6.07, 6.45) is 0. The first kappa shape index (κ1) is 9.33. The molecule has 2 rings (SSSR count). The van der Waals surface area contributed by atoms with Gasteiger partial charge in [-0.2, -0.15) is 0 Å². The molecule has 2 aromatic rings. The maximum atomic E-state index is 9.12. The molecule has 0 radical (unpaired) electrons. The van der Waals surface area contributed by atoms with E-state index in [1.165, 1.54) is 11.3 Å². The van der Waals surface area contributed by atoms with Crippen LogP contribution in [-0.4, -0.2) is 17.2 Å². The van der Waals surface area contributed by atoms with Crippen molar-refractivity contribution in [2.24, 2.45) is 0 Å². The Morgan fingerprint density at radius 3 is 2.57 bits per heavy atom. The zero-order chi connectivity index (χ0) is 10.3. The van der Waals surface area contributed by atoms with Crippen molar-refractivity contribution in [1.29, 1.82) is 0 Å². The highest BCUT2D eigenvalue weighted by atomic mass is 32.1. The van der Waals surface area contributed by atoms with Crippen molar-refractivity contribution in [3.63, 3.8) is 0 Å². The topological polar surface area (TPSA) is 92.5 Å². The molecule has 0 atom stereocenters. The maximum absolute atomic E-state index is 9.12. The van der Waals surface area contributed by atoms with Gasteiger partial charge in [-0.25, -0.2) is 0 Å². The van der Waals surface area contributed by atoms with Crippen molar-refractivity contribution < 1.29 is 10.0 Å². The number of thiophene rings is 1. The first-order valence-corrected chi connectivity index (χ1v) is 4.85. The molecule has 0 spiro atoms. The summed E-state index contributed by atoms with van der Waals surface area (Å²) in [6.45, 7) is 0. The van der Waals surface area contributed by atoms with Gasteiger partial charge in [-0.1, -0.05) is 12.1 Å². The number of anilines is 2. The lowest BCUT2D eigenvalue weighted by molar-refractivity contribution is 0.426. The molecule has 14 heavy (non-hydrogen) atoms. The van der Waals surface area contributed by atoms with E-state index in [9.17, 15) is 0 Å². The van der Waals surface area contributed by atoms with Crippen LogP contribution < -0.4 is 16.9 Å². The first-order chi connectivity index (χ1) is 6.61. The van der Waals surface area contributed by atoms with Crippen molar-refractivity contribution in [2.75, 3.05) is 11.5 Å². The fourth-order valence-electron chi connectivity index (χ4n) is 1.43. The second-order valence-corrected chi connectivity index (χ2v) is 4.06.